The van der Waals surface area contributed by atoms with Gasteiger partial charge in [-0.2, -0.15) is 5.10 Å². The summed E-state index contributed by atoms with van der Waals surface area (Å²) in [6.45, 7) is 7.92. The van der Waals surface area contributed by atoms with Crippen LogP contribution in [0.25, 0.3) is 0 Å². The summed E-state index contributed by atoms with van der Waals surface area (Å²) >= 11 is 0. The first-order chi connectivity index (χ1) is 13.8. The maximum Gasteiger partial charge on any atom is 0.236 e. The Kier molecular flexibility index (Phi) is 5.39. The van der Waals surface area contributed by atoms with Gasteiger partial charge in [0.1, 0.15) is 0 Å². The molecule has 28 heavy (non-hydrogen) atoms. The third kappa shape index (κ3) is 3.84. The Morgan fingerprint density at radius 3 is 2.54 bits per heavy atom. The number of carbonyl (C=O) groups excluding carboxylic acids is 1. The Hall–Kier alpha value is -1.44. The SMILES string of the molecule is O=C(CN1CCc2nn(C3CCOCC3)cc2C1)N1CCN(C2CCC2)CC1. The van der Waals surface area contributed by atoms with Gasteiger partial charge < -0.3 is 9.64 Å². The zero-order chi connectivity index (χ0) is 18.9. The molecular formula is C21H33N5O2. The molecule has 7 nitrogen and oxygen atoms in total. The van der Waals surface area contributed by atoms with Crippen LogP contribution in [0.4, 0.5) is 0 Å². The maximum atomic E-state index is 12.8. The zero-order valence-electron chi connectivity index (χ0n) is 16.9. The minimum absolute atomic E-state index is 0.300. The minimum Gasteiger partial charge on any atom is -0.381 e. The van der Waals surface area contributed by atoms with Gasteiger partial charge in [-0.25, -0.2) is 0 Å². The molecule has 0 aromatic carbocycles. The van der Waals surface area contributed by atoms with E-state index in [-0.39, 0.29) is 0 Å². The molecule has 3 fully saturated rings. The average molecular weight is 388 g/mol. The van der Waals surface area contributed by atoms with Crippen molar-refractivity contribution < 1.29 is 9.53 Å². The Labute approximate surface area is 167 Å². The van der Waals surface area contributed by atoms with Crippen molar-refractivity contribution in [1.29, 1.82) is 0 Å². The summed E-state index contributed by atoms with van der Waals surface area (Å²) in [5, 5.41) is 4.85. The molecule has 154 valence electrons. The van der Waals surface area contributed by atoms with Crippen molar-refractivity contribution in [3.8, 4) is 0 Å². The molecule has 3 aliphatic heterocycles. The van der Waals surface area contributed by atoms with Crippen LogP contribution in [0.3, 0.4) is 0 Å². The molecule has 7 heteroatoms. The van der Waals surface area contributed by atoms with Crippen molar-refractivity contribution in [3.63, 3.8) is 0 Å². The molecule has 1 aromatic rings. The van der Waals surface area contributed by atoms with E-state index in [0.717, 1.165) is 77.8 Å². The van der Waals surface area contributed by atoms with E-state index in [4.69, 9.17) is 9.84 Å². The zero-order valence-corrected chi connectivity index (χ0v) is 16.9. The second-order valence-electron chi connectivity index (χ2n) is 8.89. The molecule has 1 aromatic heterocycles. The van der Waals surface area contributed by atoms with E-state index < -0.39 is 0 Å². The van der Waals surface area contributed by atoms with Gasteiger partial charge in [0.2, 0.25) is 5.91 Å². The molecule has 0 spiro atoms. The van der Waals surface area contributed by atoms with Gasteiger partial charge in [0.15, 0.2) is 0 Å². The second kappa shape index (κ2) is 8.13. The second-order valence-corrected chi connectivity index (χ2v) is 8.89. The summed E-state index contributed by atoms with van der Waals surface area (Å²) in [7, 11) is 0. The Bertz CT molecular complexity index is 687. The highest BCUT2D eigenvalue weighted by molar-refractivity contribution is 5.78. The van der Waals surface area contributed by atoms with Crippen LogP contribution in [0.15, 0.2) is 6.20 Å². The lowest BCUT2D eigenvalue weighted by Crippen LogP contribution is -2.55. The first kappa shape index (κ1) is 18.6. The molecule has 1 amide bonds. The third-order valence-corrected chi connectivity index (χ3v) is 7.14. The van der Waals surface area contributed by atoms with Gasteiger partial charge in [-0.1, -0.05) is 6.42 Å². The predicted octanol–water partition coefficient (Wildman–Crippen LogP) is 1.29. The van der Waals surface area contributed by atoms with Crippen LogP contribution < -0.4 is 0 Å². The summed E-state index contributed by atoms with van der Waals surface area (Å²) in [6, 6.07) is 1.27. The monoisotopic (exact) mass is 387 g/mol. The van der Waals surface area contributed by atoms with Crippen LogP contribution in [-0.4, -0.2) is 88.9 Å². The number of amides is 1. The van der Waals surface area contributed by atoms with Crippen LogP contribution in [0.5, 0.6) is 0 Å². The predicted molar refractivity (Wildman–Crippen MR) is 106 cm³/mol. The van der Waals surface area contributed by atoms with Gasteiger partial charge in [-0.3, -0.25) is 19.3 Å². The van der Waals surface area contributed by atoms with Crippen LogP contribution >= 0.6 is 0 Å². The van der Waals surface area contributed by atoms with E-state index in [9.17, 15) is 4.79 Å². The summed E-state index contributed by atoms with van der Waals surface area (Å²) in [4.78, 5) is 19.8. The van der Waals surface area contributed by atoms with Gasteiger partial charge in [0, 0.05) is 76.7 Å². The lowest BCUT2D eigenvalue weighted by molar-refractivity contribution is -0.135. The molecule has 1 saturated carbocycles. The highest BCUT2D eigenvalue weighted by Crippen LogP contribution is 2.26. The van der Waals surface area contributed by atoms with Gasteiger partial charge in [0.25, 0.3) is 0 Å². The van der Waals surface area contributed by atoms with E-state index in [2.05, 4.69) is 25.6 Å². The molecule has 0 atom stereocenters. The number of piperazine rings is 1. The topological polar surface area (TPSA) is 53.8 Å². The Morgan fingerprint density at radius 1 is 1.04 bits per heavy atom. The van der Waals surface area contributed by atoms with Crippen molar-refractivity contribution in [1.82, 2.24) is 24.5 Å². The molecule has 0 radical (unpaired) electrons. The maximum absolute atomic E-state index is 12.8. The first-order valence-electron chi connectivity index (χ1n) is 11.1. The number of hydrogen-bond donors (Lipinski definition) is 0. The number of nitrogens with zero attached hydrogens (tertiary/aromatic N) is 5. The molecular weight excluding hydrogens is 354 g/mol. The van der Waals surface area contributed by atoms with Gasteiger partial charge in [-0.15, -0.1) is 0 Å². The van der Waals surface area contributed by atoms with Crippen molar-refractivity contribution in [2.75, 3.05) is 52.5 Å². The van der Waals surface area contributed by atoms with Gasteiger partial charge in [0.05, 0.1) is 18.3 Å². The fourth-order valence-corrected chi connectivity index (χ4v) is 5.04. The average Bonchev–Trinajstić information content (AvgIpc) is 3.11. The fraction of sp³-hybridized carbons (Fsp3) is 0.810. The van der Waals surface area contributed by atoms with E-state index in [1.165, 1.54) is 30.5 Å². The molecule has 4 heterocycles. The van der Waals surface area contributed by atoms with Gasteiger partial charge >= 0.3 is 0 Å². The molecule has 5 rings (SSSR count). The molecule has 0 N–H and O–H groups in total. The molecule has 2 saturated heterocycles. The Balaban J connectivity index is 1.13. The number of rotatable bonds is 4. The van der Waals surface area contributed by atoms with Crippen LogP contribution in [0.1, 0.15) is 49.4 Å². The number of carbonyl (C=O) groups is 1. The largest absolute Gasteiger partial charge is 0.381 e. The number of hydrogen-bond acceptors (Lipinski definition) is 5. The summed E-state index contributed by atoms with van der Waals surface area (Å²) < 4.78 is 7.64. The highest BCUT2D eigenvalue weighted by Gasteiger charge is 2.30. The van der Waals surface area contributed by atoms with Gasteiger partial charge in [-0.05, 0) is 25.7 Å². The summed E-state index contributed by atoms with van der Waals surface area (Å²) in [6.07, 6.45) is 9.36. The van der Waals surface area contributed by atoms with E-state index in [1.54, 1.807) is 0 Å². The third-order valence-electron chi connectivity index (χ3n) is 7.14. The fourth-order valence-electron chi connectivity index (χ4n) is 5.04. The molecule has 0 unspecified atom stereocenters. The number of fused-ring (bicyclic) bond motifs is 1. The van der Waals surface area contributed by atoms with Crippen molar-refractivity contribution in [2.45, 2.75) is 57.2 Å². The van der Waals surface area contributed by atoms with E-state index in [1.807, 2.05) is 0 Å². The van der Waals surface area contributed by atoms with E-state index >= 15 is 0 Å². The number of aromatic nitrogens is 2. The van der Waals surface area contributed by atoms with Crippen molar-refractivity contribution >= 4 is 5.91 Å². The number of ether oxygens (including phenoxy) is 1. The highest BCUT2D eigenvalue weighted by atomic mass is 16.5. The lowest BCUT2D eigenvalue weighted by atomic mass is 9.91. The Morgan fingerprint density at radius 2 is 1.82 bits per heavy atom. The van der Waals surface area contributed by atoms with Crippen molar-refractivity contribution in [2.24, 2.45) is 0 Å². The summed E-state index contributed by atoms with van der Waals surface area (Å²) in [5.74, 6) is 0.300. The minimum atomic E-state index is 0.300. The van der Waals surface area contributed by atoms with Crippen molar-refractivity contribution in [3.05, 3.63) is 17.5 Å². The molecule has 4 aliphatic rings. The quantitative estimate of drug-likeness (QED) is 0.779. The summed E-state index contributed by atoms with van der Waals surface area (Å²) in [5.41, 5.74) is 2.53. The van der Waals surface area contributed by atoms with Crippen LogP contribution in [0.2, 0.25) is 0 Å². The molecule has 1 aliphatic carbocycles. The molecule has 0 bridgehead atoms. The lowest BCUT2D eigenvalue weighted by Gasteiger charge is -2.43. The first-order valence-corrected chi connectivity index (χ1v) is 11.1. The van der Waals surface area contributed by atoms with Crippen LogP contribution in [0, 0.1) is 0 Å². The normalized spacial score (nSPS) is 25.5. The van der Waals surface area contributed by atoms with Crippen LogP contribution in [-0.2, 0) is 22.5 Å². The standard InChI is InChI=1S/C21H33N5O2/c27-21(25-10-8-24(9-11-25)18-2-1-3-18)16-23-7-4-20-17(14-23)15-26(22-20)19-5-12-28-13-6-19/h15,18-19H,1-14,16H2. The smallest absolute Gasteiger partial charge is 0.236 e. The van der Waals surface area contributed by atoms with E-state index in [0.29, 0.717) is 18.5 Å².